The zero-order valence-corrected chi connectivity index (χ0v) is 36.1. The van der Waals surface area contributed by atoms with Crippen LogP contribution in [0.1, 0.15) is 126 Å². The van der Waals surface area contributed by atoms with Gasteiger partial charge in [0.15, 0.2) is 5.78 Å². The van der Waals surface area contributed by atoms with Crippen LogP contribution in [-0.2, 0) is 32.8 Å². The number of hydrogen-bond acceptors (Lipinski definition) is 9. The van der Waals surface area contributed by atoms with Gasteiger partial charge in [-0.1, -0.05) is 39.3 Å². The number of benzene rings is 3. The van der Waals surface area contributed by atoms with Gasteiger partial charge in [-0.05, 0) is 86.1 Å². The summed E-state index contributed by atoms with van der Waals surface area (Å²) in [6.45, 7) is 12.8. The standard InChI is InChI=1S/C49H56N8O5/c1-4-31-26-35-37(49(2,3)46-44(45(35)60)34-13-12-30(28-50)25-39(34)52-46)27-41(31)55-19-16-32(17-20-55)54-21-23-56(24-22-54)43(59)11-6-5-7-18-51-38-10-8-9-33-36(38)29-57(48(33)62)40-14-15-42(58)53-47(40)61/h8-10,12-13,25-27,32,40,51-52H,4-7,11,14-24,29H2,1-3H3,(H,53,58,61). The average molecular weight is 837 g/mol. The number of amides is 4. The zero-order chi connectivity index (χ0) is 43.3. The summed E-state index contributed by atoms with van der Waals surface area (Å²) >= 11 is 0. The molecule has 3 N–H and O–H groups in total. The smallest absolute Gasteiger partial charge is 0.255 e. The van der Waals surface area contributed by atoms with E-state index in [9.17, 15) is 29.2 Å². The summed E-state index contributed by atoms with van der Waals surface area (Å²) in [5.41, 5.74) is 9.22. The molecule has 4 aliphatic heterocycles. The van der Waals surface area contributed by atoms with Crippen molar-refractivity contribution in [1.29, 1.82) is 5.26 Å². The van der Waals surface area contributed by atoms with Gasteiger partial charge in [0, 0.05) is 121 Å². The average Bonchev–Trinajstić information content (AvgIpc) is 3.85. The van der Waals surface area contributed by atoms with E-state index in [1.165, 1.54) is 11.3 Å². The molecule has 1 aliphatic carbocycles. The highest BCUT2D eigenvalue weighted by Gasteiger charge is 2.42. The second-order valence-electron chi connectivity index (χ2n) is 18.2. The Morgan fingerprint density at radius 3 is 2.45 bits per heavy atom. The topological polar surface area (TPSA) is 162 Å². The molecule has 3 saturated heterocycles. The van der Waals surface area contributed by atoms with Gasteiger partial charge < -0.3 is 25.0 Å². The van der Waals surface area contributed by atoms with Crippen molar-refractivity contribution < 1.29 is 24.0 Å². The summed E-state index contributed by atoms with van der Waals surface area (Å²) in [6, 6.07) is 17.6. The molecule has 9 rings (SSSR count). The van der Waals surface area contributed by atoms with Crippen LogP contribution < -0.4 is 15.5 Å². The largest absolute Gasteiger partial charge is 0.385 e. The van der Waals surface area contributed by atoms with Crippen LogP contribution >= 0.6 is 0 Å². The van der Waals surface area contributed by atoms with Gasteiger partial charge in [0.1, 0.15) is 6.04 Å². The molecule has 0 saturated carbocycles. The zero-order valence-electron chi connectivity index (χ0n) is 36.1. The first-order valence-corrected chi connectivity index (χ1v) is 22.5. The number of aromatic amines is 1. The predicted octanol–water partition coefficient (Wildman–Crippen LogP) is 6.02. The van der Waals surface area contributed by atoms with Crippen molar-refractivity contribution in [3.63, 3.8) is 0 Å². The number of nitrogens with zero attached hydrogens (tertiary/aromatic N) is 5. The SMILES string of the molecule is CCc1cc2c(cc1N1CCC(N3CCN(C(=O)CCCCCNc4cccc5c4CN(C4CCC(=O)NC4=O)C5=O)CC3)CC1)C(C)(C)c1[nH]c3cc(C#N)ccc3c1C2=O. The molecule has 0 radical (unpaired) electrons. The molecule has 3 aromatic carbocycles. The lowest BCUT2D eigenvalue weighted by atomic mass is 9.70. The van der Waals surface area contributed by atoms with E-state index < -0.39 is 17.4 Å². The maximum atomic E-state index is 14.1. The molecule has 1 aromatic heterocycles. The lowest BCUT2D eigenvalue weighted by Crippen LogP contribution is -2.54. The van der Waals surface area contributed by atoms with Crippen molar-refractivity contribution in [3.8, 4) is 6.07 Å². The number of fused-ring (bicyclic) bond motifs is 5. The maximum absolute atomic E-state index is 14.1. The van der Waals surface area contributed by atoms with Gasteiger partial charge in [0.25, 0.3) is 5.91 Å². The highest BCUT2D eigenvalue weighted by Crippen LogP contribution is 2.46. The van der Waals surface area contributed by atoms with Crippen LogP contribution in [0.2, 0.25) is 0 Å². The molecule has 4 aromatic rings. The summed E-state index contributed by atoms with van der Waals surface area (Å²) < 4.78 is 0. The number of imide groups is 1. The van der Waals surface area contributed by atoms with Gasteiger partial charge in [0.05, 0.1) is 17.2 Å². The van der Waals surface area contributed by atoms with Gasteiger partial charge in [-0.25, -0.2) is 0 Å². The lowest BCUT2D eigenvalue weighted by Gasteiger charge is -2.44. The number of nitrogens with one attached hydrogen (secondary N) is 3. The summed E-state index contributed by atoms with van der Waals surface area (Å²) in [5.74, 6) is -0.605. The number of ketones is 1. The molecular formula is C49H56N8O5. The molecule has 3 fully saturated rings. The molecule has 0 bridgehead atoms. The Hall–Kier alpha value is -6.00. The number of aromatic nitrogens is 1. The first-order chi connectivity index (χ1) is 30.0. The fourth-order valence-corrected chi connectivity index (χ4v) is 10.7. The Kier molecular flexibility index (Phi) is 11.1. The normalized spacial score (nSPS) is 20.2. The second kappa shape index (κ2) is 16.7. The van der Waals surface area contributed by atoms with Gasteiger partial charge in [-0.2, -0.15) is 5.26 Å². The van der Waals surface area contributed by atoms with E-state index in [4.69, 9.17) is 0 Å². The van der Waals surface area contributed by atoms with Crippen molar-refractivity contribution in [2.45, 2.75) is 103 Å². The lowest BCUT2D eigenvalue weighted by molar-refractivity contribution is -0.137. The second-order valence-corrected chi connectivity index (χ2v) is 18.2. The van der Waals surface area contributed by atoms with Gasteiger partial charge in [-0.15, -0.1) is 0 Å². The van der Waals surface area contributed by atoms with Crippen LogP contribution in [0, 0.1) is 11.3 Å². The van der Waals surface area contributed by atoms with Gasteiger partial charge in [-0.3, -0.25) is 34.2 Å². The summed E-state index contributed by atoms with van der Waals surface area (Å²) in [4.78, 5) is 76.9. The maximum Gasteiger partial charge on any atom is 0.255 e. The molecule has 5 heterocycles. The third-order valence-corrected chi connectivity index (χ3v) is 14.3. The van der Waals surface area contributed by atoms with Crippen LogP contribution in [0.25, 0.3) is 10.9 Å². The van der Waals surface area contributed by atoms with Crippen molar-refractivity contribution in [1.82, 2.24) is 25.0 Å². The Morgan fingerprint density at radius 1 is 0.919 bits per heavy atom. The number of carbonyl (C=O) groups excluding carboxylic acids is 5. The van der Waals surface area contributed by atoms with Crippen LogP contribution in [0.15, 0.2) is 48.5 Å². The van der Waals surface area contributed by atoms with E-state index in [-0.39, 0.29) is 29.9 Å². The Bertz CT molecular complexity index is 2520. The number of carbonyl (C=O) groups is 5. The van der Waals surface area contributed by atoms with Crippen molar-refractivity contribution >= 4 is 51.7 Å². The van der Waals surface area contributed by atoms with Crippen molar-refractivity contribution in [2.75, 3.05) is 56.0 Å². The molecule has 13 heteroatoms. The predicted molar refractivity (Wildman–Crippen MR) is 237 cm³/mol. The Balaban J connectivity index is 0.728. The number of piperazine rings is 1. The fraction of sp³-hybridized carbons (Fsp3) is 0.469. The Morgan fingerprint density at radius 2 is 1.71 bits per heavy atom. The fourth-order valence-electron chi connectivity index (χ4n) is 10.7. The molecule has 1 unspecified atom stereocenters. The van der Waals surface area contributed by atoms with E-state index in [1.54, 1.807) is 17.0 Å². The molecule has 62 heavy (non-hydrogen) atoms. The summed E-state index contributed by atoms with van der Waals surface area (Å²) in [7, 11) is 0. The molecule has 13 nitrogen and oxygen atoms in total. The molecular weight excluding hydrogens is 781 g/mol. The molecule has 322 valence electrons. The number of rotatable bonds is 11. The molecule has 0 spiro atoms. The van der Waals surface area contributed by atoms with Gasteiger partial charge >= 0.3 is 0 Å². The quantitative estimate of drug-likeness (QED) is 0.121. The van der Waals surface area contributed by atoms with E-state index in [0.717, 1.165) is 129 Å². The summed E-state index contributed by atoms with van der Waals surface area (Å²) in [5, 5.41) is 16.2. The number of hydrogen-bond donors (Lipinski definition) is 3. The number of unbranched alkanes of at least 4 members (excludes halogenated alkanes) is 2. The van der Waals surface area contributed by atoms with E-state index in [0.29, 0.717) is 36.6 Å². The van der Waals surface area contributed by atoms with Crippen LogP contribution in [0.4, 0.5) is 11.4 Å². The highest BCUT2D eigenvalue weighted by atomic mass is 16.2. The molecule has 4 amide bonds. The molecule has 5 aliphatic rings. The first-order valence-electron chi connectivity index (χ1n) is 22.5. The summed E-state index contributed by atoms with van der Waals surface area (Å²) in [6.07, 6.45) is 6.69. The monoisotopic (exact) mass is 836 g/mol. The highest BCUT2D eigenvalue weighted by molar-refractivity contribution is 6.20. The molecule has 1 atom stereocenters. The third kappa shape index (κ3) is 7.42. The minimum Gasteiger partial charge on any atom is -0.385 e. The number of anilines is 2. The minimum atomic E-state index is -0.635. The van der Waals surface area contributed by atoms with E-state index >= 15 is 0 Å². The van der Waals surface area contributed by atoms with Crippen LogP contribution in [-0.4, -0.2) is 107 Å². The third-order valence-electron chi connectivity index (χ3n) is 14.3. The first kappa shape index (κ1) is 41.4. The number of H-pyrrole nitrogens is 1. The van der Waals surface area contributed by atoms with Crippen molar-refractivity contribution in [3.05, 3.63) is 93.2 Å². The van der Waals surface area contributed by atoms with Crippen LogP contribution in [0.5, 0.6) is 0 Å². The minimum absolute atomic E-state index is 0.0472. The number of aryl methyl sites for hydroxylation is 1. The van der Waals surface area contributed by atoms with E-state index in [1.807, 2.05) is 29.2 Å². The van der Waals surface area contributed by atoms with E-state index in [2.05, 4.69) is 64.4 Å². The van der Waals surface area contributed by atoms with Gasteiger partial charge in [0.2, 0.25) is 17.7 Å². The number of nitriles is 1. The number of piperidine rings is 2. The Labute approximate surface area is 362 Å². The van der Waals surface area contributed by atoms with Crippen molar-refractivity contribution in [2.24, 2.45) is 0 Å². The van der Waals surface area contributed by atoms with Crippen LogP contribution in [0.3, 0.4) is 0 Å².